The van der Waals surface area contributed by atoms with Gasteiger partial charge in [-0.15, -0.1) is 0 Å². The van der Waals surface area contributed by atoms with Crippen LogP contribution in [-0.2, 0) is 10.9 Å². The van der Waals surface area contributed by atoms with Gasteiger partial charge >= 0.3 is 12.2 Å². The van der Waals surface area contributed by atoms with Crippen LogP contribution in [0.2, 0.25) is 0 Å². The van der Waals surface area contributed by atoms with Crippen molar-refractivity contribution in [2.45, 2.75) is 38.1 Å². The van der Waals surface area contributed by atoms with Crippen molar-refractivity contribution in [2.75, 3.05) is 11.9 Å². The Bertz CT molecular complexity index is 499. The first kappa shape index (κ1) is 15.6. The lowest BCUT2D eigenvalue weighted by Gasteiger charge is -2.20. The SMILES string of the molecule is CC(NC(=O)Nc1cccc(C(F)(F)F)c1)C1CCCO1. The van der Waals surface area contributed by atoms with Crippen molar-refractivity contribution in [1.29, 1.82) is 0 Å². The minimum Gasteiger partial charge on any atom is -0.376 e. The second kappa shape index (κ2) is 6.34. The molecule has 1 heterocycles. The molecule has 0 saturated carbocycles. The normalized spacial score (nSPS) is 20.1. The summed E-state index contributed by atoms with van der Waals surface area (Å²) in [6.45, 7) is 2.48. The Labute approximate surface area is 120 Å². The van der Waals surface area contributed by atoms with Gasteiger partial charge in [0.1, 0.15) is 0 Å². The van der Waals surface area contributed by atoms with Crippen LogP contribution in [0.25, 0.3) is 0 Å². The molecule has 0 radical (unpaired) electrons. The van der Waals surface area contributed by atoms with Gasteiger partial charge in [-0.05, 0) is 38.0 Å². The molecule has 116 valence electrons. The van der Waals surface area contributed by atoms with E-state index in [0.717, 1.165) is 25.0 Å². The molecular formula is C14H17F3N2O2. The molecule has 2 amide bonds. The van der Waals surface area contributed by atoms with Crippen molar-refractivity contribution in [1.82, 2.24) is 5.32 Å². The van der Waals surface area contributed by atoms with Crippen LogP contribution in [0.5, 0.6) is 0 Å². The van der Waals surface area contributed by atoms with E-state index >= 15 is 0 Å². The highest BCUT2D eigenvalue weighted by Crippen LogP contribution is 2.30. The largest absolute Gasteiger partial charge is 0.416 e. The molecule has 2 unspecified atom stereocenters. The second-order valence-corrected chi connectivity index (χ2v) is 5.02. The number of halogens is 3. The molecule has 21 heavy (non-hydrogen) atoms. The van der Waals surface area contributed by atoms with Crippen LogP contribution >= 0.6 is 0 Å². The van der Waals surface area contributed by atoms with Crippen LogP contribution in [0.3, 0.4) is 0 Å². The summed E-state index contributed by atoms with van der Waals surface area (Å²) >= 11 is 0. The molecule has 2 rings (SSSR count). The first-order valence-corrected chi connectivity index (χ1v) is 6.72. The van der Waals surface area contributed by atoms with Crippen molar-refractivity contribution in [3.05, 3.63) is 29.8 Å². The molecule has 7 heteroatoms. The van der Waals surface area contributed by atoms with Gasteiger partial charge in [-0.1, -0.05) is 6.07 Å². The maximum absolute atomic E-state index is 12.6. The molecule has 0 spiro atoms. The first-order valence-electron chi connectivity index (χ1n) is 6.72. The smallest absolute Gasteiger partial charge is 0.376 e. The summed E-state index contributed by atoms with van der Waals surface area (Å²) in [7, 11) is 0. The maximum atomic E-state index is 12.6. The highest BCUT2D eigenvalue weighted by atomic mass is 19.4. The Hall–Kier alpha value is -1.76. The van der Waals surface area contributed by atoms with Gasteiger partial charge in [-0.25, -0.2) is 4.79 Å². The number of carbonyl (C=O) groups excluding carboxylic acids is 1. The minimum absolute atomic E-state index is 0.0442. The molecule has 0 aromatic heterocycles. The van der Waals surface area contributed by atoms with E-state index in [4.69, 9.17) is 4.74 Å². The summed E-state index contributed by atoms with van der Waals surface area (Å²) in [6.07, 6.45) is -2.66. The highest BCUT2D eigenvalue weighted by Gasteiger charge is 2.30. The second-order valence-electron chi connectivity index (χ2n) is 5.02. The van der Waals surface area contributed by atoms with E-state index in [9.17, 15) is 18.0 Å². The zero-order valence-electron chi connectivity index (χ0n) is 11.5. The molecule has 1 aromatic carbocycles. The van der Waals surface area contributed by atoms with Crippen LogP contribution in [0.15, 0.2) is 24.3 Å². The highest BCUT2D eigenvalue weighted by molar-refractivity contribution is 5.89. The molecule has 2 N–H and O–H groups in total. The Morgan fingerprint density at radius 2 is 2.19 bits per heavy atom. The molecule has 1 saturated heterocycles. The number of benzene rings is 1. The standard InChI is InChI=1S/C14H17F3N2O2/c1-9(12-6-3-7-21-12)18-13(20)19-11-5-2-4-10(8-11)14(15,16)17/h2,4-5,8-9,12H,3,6-7H2,1H3,(H2,18,19,20). The van der Waals surface area contributed by atoms with Gasteiger partial charge < -0.3 is 15.4 Å². The lowest BCUT2D eigenvalue weighted by atomic mass is 10.1. The zero-order chi connectivity index (χ0) is 15.5. The fraction of sp³-hybridized carbons (Fsp3) is 0.500. The first-order chi connectivity index (χ1) is 9.86. The third-order valence-electron chi connectivity index (χ3n) is 3.33. The lowest BCUT2D eigenvalue weighted by molar-refractivity contribution is -0.137. The third kappa shape index (κ3) is 4.35. The molecule has 1 aromatic rings. The number of amides is 2. The minimum atomic E-state index is -4.43. The van der Waals surface area contributed by atoms with Gasteiger partial charge in [-0.3, -0.25) is 0 Å². The Morgan fingerprint density at radius 3 is 2.81 bits per heavy atom. The number of rotatable bonds is 3. The summed E-state index contributed by atoms with van der Waals surface area (Å²) in [4.78, 5) is 11.8. The number of anilines is 1. The van der Waals surface area contributed by atoms with E-state index in [2.05, 4.69) is 10.6 Å². The summed E-state index contributed by atoms with van der Waals surface area (Å²) in [5.41, 5.74) is -0.700. The molecule has 1 fully saturated rings. The number of nitrogens with one attached hydrogen (secondary N) is 2. The number of alkyl halides is 3. The predicted octanol–water partition coefficient (Wildman–Crippen LogP) is 3.39. The van der Waals surface area contributed by atoms with Crippen LogP contribution < -0.4 is 10.6 Å². The molecule has 4 nitrogen and oxygen atoms in total. The average Bonchev–Trinajstić information content (AvgIpc) is 2.91. The van der Waals surface area contributed by atoms with Crippen molar-refractivity contribution < 1.29 is 22.7 Å². The third-order valence-corrected chi connectivity index (χ3v) is 3.33. The topological polar surface area (TPSA) is 50.4 Å². The van der Waals surface area contributed by atoms with Gasteiger partial charge in [0.05, 0.1) is 17.7 Å². The average molecular weight is 302 g/mol. The van der Waals surface area contributed by atoms with Crippen molar-refractivity contribution >= 4 is 11.7 Å². The number of hydrogen-bond donors (Lipinski definition) is 2. The fourth-order valence-electron chi connectivity index (χ4n) is 2.24. The fourth-order valence-corrected chi connectivity index (χ4v) is 2.24. The number of urea groups is 1. The van der Waals surface area contributed by atoms with E-state index in [1.165, 1.54) is 12.1 Å². The summed E-state index contributed by atoms with van der Waals surface area (Å²) in [6, 6.07) is 3.78. The van der Waals surface area contributed by atoms with Crippen LogP contribution in [0.1, 0.15) is 25.3 Å². The Morgan fingerprint density at radius 1 is 1.43 bits per heavy atom. The zero-order valence-corrected chi connectivity index (χ0v) is 11.5. The Balaban J connectivity index is 1.93. The Kier molecular flexibility index (Phi) is 4.72. The van der Waals surface area contributed by atoms with Crippen LogP contribution in [0, 0.1) is 0 Å². The molecule has 0 aliphatic carbocycles. The van der Waals surface area contributed by atoms with E-state index in [0.29, 0.717) is 6.61 Å². The molecular weight excluding hydrogens is 285 g/mol. The van der Waals surface area contributed by atoms with Gasteiger partial charge in [0.15, 0.2) is 0 Å². The molecule has 1 aliphatic heterocycles. The van der Waals surface area contributed by atoms with Crippen molar-refractivity contribution in [2.24, 2.45) is 0 Å². The van der Waals surface area contributed by atoms with E-state index in [1.54, 1.807) is 0 Å². The summed E-state index contributed by atoms with van der Waals surface area (Å²) in [5.74, 6) is 0. The summed E-state index contributed by atoms with van der Waals surface area (Å²) in [5, 5.41) is 5.08. The van der Waals surface area contributed by atoms with Gasteiger partial charge in [-0.2, -0.15) is 13.2 Å². The van der Waals surface area contributed by atoms with E-state index in [1.807, 2.05) is 6.92 Å². The monoisotopic (exact) mass is 302 g/mol. The van der Waals surface area contributed by atoms with Gasteiger partial charge in [0.25, 0.3) is 0 Å². The number of carbonyl (C=O) groups is 1. The molecule has 2 atom stereocenters. The van der Waals surface area contributed by atoms with Crippen molar-refractivity contribution in [3.8, 4) is 0 Å². The molecule has 0 bridgehead atoms. The molecule has 1 aliphatic rings. The van der Waals surface area contributed by atoms with E-state index in [-0.39, 0.29) is 17.8 Å². The predicted molar refractivity (Wildman–Crippen MR) is 72.0 cm³/mol. The van der Waals surface area contributed by atoms with E-state index < -0.39 is 17.8 Å². The maximum Gasteiger partial charge on any atom is 0.416 e. The summed E-state index contributed by atoms with van der Waals surface area (Å²) < 4.78 is 43.2. The van der Waals surface area contributed by atoms with Crippen LogP contribution in [0.4, 0.5) is 23.7 Å². The number of ether oxygens (including phenoxy) is 1. The van der Waals surface area contributed by atoms with Crippen molar-refractivity contribution in [3.63, 3.8) is 0 Å². The van der Waals surface area contributed by atoms with Gasteiger partial charge in [0, 0.05) is 12.3 Å². The van der Waals surface area contributed by atoms with Crippen LogP contribution in [-0.4, -0.2) is 24.8 Å². The van der Waals surface area contributed by atoms with Gasteiger partial charge in [0.2, 0.25) is 0 Å². The lowest BCUT2D eigenvalue weighted by Crippen LogP contribution is -2.43. The number of hydrogen-bond acceptors (Lipinski definition) is 2. The quantitative estimate of drug-likeness (QED) is 0.899.